The molecule has 2 aromatic carbocycles. The number of benzene rings is 2. The third kappa shape index (κ3) is 6.23. The fraction of sp³-hybridized carbons (Fsp3) is 0.0588. The van der Waals surface area contributed by atoms with Crippen molar-refractivity contribution in [3.8, 4) is 0 Å². The minimum atomic E-state index is -3.34. The topological polar surface area (TPSA) is 104 Å². The number of halogens is 1. The van der Waals surface area contributed by atoms with Crippen LogP contribution in [0.25, 0.3) is 6.08 Å². The van der Waals surface area contributed by atoms with Crippen molar-refractivity contribution in [3.63, 3.8) is 0 Å². The van der Waals surface area contributed by atoms with Gasteiger partial charge < -0.3 is 0 Å². The second-order valence-corrected chi connectivity index (χ2v) is 7.41. The van der Waals surface area contributed by atoms with Crippen molar-refractivity contribution in [1.29, 1.82) is 0 Å². The lowest BCUT2D eigenvalue weighted by molar-refractivity contribution is -0.117. The molecule has 0 aromatic heterocycles. The highest BCUT2D eigenvalue weighted by Gasteiger charge is 2.09. The summed E-state index contributed by atoms with van der Waals surface area (Å²) < 4.78 is 24.6. The van der Waals surface area contributed by atoms with Crippen LogP contribution in [0.5, 0.6) is 0 Å². The van der Waals surface area contributed by atoms with Gasteiger partial charge in [0, 0.05) is 11.8 Å². The van der Waals surface area contributed by atoms with Gasteiger partial charge >= 0.3 is 0 Å². The zero-order valence-electron chi connectivity index (χ0n) is 13.7. The maximum Gasteiger partial charge on any atom is 0.271 e. The number of hydrogen-bond donors (Lipinski definition) is 3. The standard InChI is InChI=1S/C17H16ClN3O4S/c1-26(24,25)21-13-9-6-12(7-10-13)8-11-16(22)19-20-17(23)14-4-2-3-5-15(14)18/h2-11,21H,1H3,(H,19,22)(H,20,23)/b11-8+. The molecule has 2 aromatic rings. The van der Waals surface area contributed by atoms with Gasteiger partial charge in [-0.3, -0.25) is 25.2 Å². The summed E-state index contributed by atoms with van der Waals surface area (Å²) in [6.45, 7) is 0. The van der Waals surface area contributed by atoms with Crippen molar-refractivity contribution in [3.05, 3.63) is 70.8 Å². The number of sulfonamides is 1. The second-order valence-electron chi connectivity index (χ2n) is 5.25. The number of hydrazine groups is 1. The van der Waals surface area contributed by atoms with Crippen molar-refractivity contribution in [2.75, 3.05) is 11.0 Å². The quantitative estimate of drug-likeness (QED) is 0.535. The Hall–Kier alpha value is -2.84. The Balaban J connectivity index is 1.89. The molecule has 0 fully saturated rings. The molecule has 9 heteroatoms. The fourth-order valence-electron chi connectivity index (χ4n) is 1.92. The molecule has 0 unspecified atom stereocenters. The summed E-state index contributed by atoms with van der Waals surface area (Å²) in [5.41, 5.74) is 5.84. The number of amides is 2. The summed E-state index contributed by atoms with van der Waals surface area (Å²) in [6, 6.07) is 12.9. The SMILES string of the molecule is CS(=O)(=O)Nc1ccc(/C=C/C(=O)NNC(=O)c2ccccc2Cl)cc1. The van der Waals surface area contributed by atoms with E-state index in [0.717, 1.165) is 6.26 Å². The molecular weight excluding hydrogens is 378 g/mol. The minimum absolute atomic E-state index is 0.243. The molecule has 0 atom stereocenters. The summed E-state index contributed by atoms with van der Waals surface area (Å²) in [4.78, 5) is 23.7. The predicted octanol–water partition coefficient (Wildman–Crippen LogP) is 2.19. The molecule has 0 aliphatic carbocycles. The lowest BCUT2D eigenvalue weighted by atomic mass is 10.2. The molecule has 0 bridgehead atoms. The Morgan fingerprint density at radius 1 is 1.00 bits per heavy atom. The van der Waals surface area contributed by atoms with E-state index in [1.165, 1.54) is 18.2 Å². The molecule has 0 aliphatic rings. The summed E-state index contributed by atoms with van der Waals surface area (Å²) in [7, 11) is -3.34. The van der Waals surface area contributed by atoms with Crippen LogP contribution in [0.3, 0.4) is 0 Å². The molecular formula is C17H16ClN3O4S. The van der Waals surface area contributed by atoms with Crippen LogP contribution in [0.2, 0.25) is 5.02 Å². The van der Waals surface area contributed by atoms with Crippen LogP contribution in [0.1, 0.15) is 15.9 Å². The third-order valence-corrected chi connectivity index (χ3v) is 3.99. The van der Waals surface area contributed by atoms with E-state index in [2.05, 4.69) is 15.6 Å². The molecule has 0 spiro atoms. The Morgan fingerprint density at radius 2 is 1.65 bits per heavy atom. The Bertz CT molecular complexity index is 941. The smallest absolute Gasteiger partial charge is 0.271 e. The zero-order valence-corrected chi connectivity index (χ0v) is 15.3. The van der Waals surface area contributed by atoms with Crippen molar-refractivity contribution in [1.82, 2.24) is 10.9 Å². The second kappa shape index (κ2) is 8.50. The highest BCUT2D eigenvalue weighted by atomic mass is 35.5. The summed E-state index contributed by atoms with van der Waals surface area (Å²) >= 11 is 5.90. The number of carbonyl (C=O) groups is 2. The zero-order chi connectivity index (χ0) is 19.2. The third-order valence-electron chi connectivity index (χ3n) is 3.06. The van der Waals surface area contributed by atoms with Crippen LogP contribution in [0.4, 0.5) is 5.69 Å². The number of anilines is 1. The van der Waals surface area contributed by atoms with Gasteiger partial charge in [0.05, 0.1) is 16.8 Å². The highest BCUT2D eigenvalue weighted by molar-refractivity contribution is 7.92. The number of carbonyl (C=O) groups excluding carboxylic acids is 2. The van der Waals surface area contributed by atoms with Gasteiger partial charge in [-0.1, -0.05) is 35.9 Å². The largest absolute Gasteiger partial charge is 0.284 e. The molecule has 0 radical (unpaired) electrons. The van der Waals surface area contributed by atoms with Gasteiger partial charge in [-0.05, 0) is 35.9 Å². The van der Waals surface area contributed by atoms with E-state index in [9.17, 15) is 18.0 Å². The Kier molecular flexibility index (Phi) is 6.37. The average molecular weight is 394 g/mol. The van der Waals surface area contributed by atoms with Gasteiger partial charge in [-0.25, -0.2) is 8.42 Å². The monoisotopic (exact) mass is 393 g/mol. The van der Waals surface area contributed by atoms with Crippen LogP contribution >= 0.6 is 11.6 Å². The van der Waals surface area contributed by atoms with E-state index in [1.807, 2.05) is 0 Å². The lowest BCUT2D eigenvalue weighted by Crippen LogP contribution is -2.40. The van der Waals surface area contributed by atoms with Crippen molar-refractivity contribution < 1.29 is 18.0 Å². The Morgan fingerprint density at radius 3 is 2.27 bits per heavy atom. The van der Waals surface area contributed by atoms with Gasteiger partial charge in [-0.15, -0.1) is 0 Å². The van der Waals surface area contributed by atoms with Crippen LogP contribution < -0.4 is 15.6 Å². The van der Waals surface area contributed by atoms with E-state index in [4.69, 9.17) is 11.6 Å². The van der Waals surface area contributed by atoms with Gasteiger partial charge in [0.2, 0.25) is 10.0 Å². The normalized spacial score (nSPS) is 11.2. The lowest BCUT2D eigenvalue weighted by Gasteiger charge is -2.06. The molecule has 26 heavy (non-hydrogen) atoms. The molecule has 0 saturated heterocycles. The van der Waals surface area contributed by atoms with E-state index in [1.54, 1.807) is 42.5 Å². The average Bonchev–Trinajstić information content (AvgIpc) is 2.58. The first-order valence-corrected chi connectivity index (χ1v) is 9.62. The molecule has 2 rings (SSSR count). The summed E-state index contributed by atoms with van der Waals surface area (Å²) in [5.74, 6) is -1.07. The molecule has 7 nitrogen and oxygen atoms in total. The van der Waals surface area contributed by atoms with E-state index in [0.29, 0.717) is 11.3 Å². The first-order chi connectivity index (χ1) is 12.2. The van der Waals surface area contributed by atoms with Gasteiger partial charge in [-0.2, -0.15) is 0 Å². The van der Waals surface area contributed by atoms with Crippen molar-refractivity contribution >= 4 is 45.2 Å². The van der Waals surface area contributed by atoms with Gasteiger partial charge in [0.1, 0.15) is 0 Å². The molecule has 0 heterocycles. The number of hydrogen-bond acceptors (Lipinski definition) is 4. The first-order valence-electron chi connectivity index (χ1n) is 7.35. The highest BCUT2D eigenvalue weighted by Crippen LogP contribution is 2.14. The molecule has 3 N–H and O–H groups in total. The van der Waals surface area contributed by atoms with Gasteiger partial charge in [0.25, 0.3) is 11.8 Å². The van der Waals surface area contributed by atoms with Crippen LogP contribution in [0.15, 0.2) is 54.6 Å². The van der Waals surface area contributed by atoms with Crippen LogP contribution in [-0.4, -0.2) is 26.5 Å². The Labute approximate surface area is 156 Å². The van der Waals surface area contributed by atoms with Crippen LogP contribution in [0, 0.1) is 0 Å². The first kappa shape index (κ1) is 19.5. The molecule has 136 valence electrons. The van der Waals surface area contributed by atoms with E-state index in [-0.39, 0.29) is 10.6 Å². The number of nitrogens with one attached hydrogen (secondary N) is 3. The summed E-state index contributed by atoms with van der Waals surface area (Å²) in [5, 5.41) is 0.276. The van der Waals surface area contributed by atoms with E-state index >= 15 is 0 Å². The minimum Gasteiger partial charge on any atom is -0.284 e. The summed E-state index contributed by atoms with van der Waals surface area (Å²) in [6.07, 6.45) is 3.80. The van der Waals surface area contributed by atoms with E-state index < -0.39 is 21.8 Å². The molecule has 2 amide bonds. The van der Waals surface area contributed by atoms with Crippen molar-refractivity contribution in [2.24, 2.45) is 0 Å². The maximum absolute atomic E-state index is 11.9. The maximum atomic E-state index is 11.9. The predicted molar refractivity (Wildman–Crippen MR) is 101 cm³/mol. The number of rotatable bonds is 5. The fourth-order valence-corrected chi connectivity index (χ4v) is 2.71. The molecule has 0 saturated carbocycles. The van der Waals surface area contributed by atoms with Gasteiger partial charge in [0.15, 0.2) is 0 Å². The van der Waals surface area contributed by atoms with Crippen LogP contribution in [-0.2, 0) is 14.8 Å². The van der Waals surface area contributed by atoms with Crippen molar-refractivity contribution in [2.45, 2.75) is 0 Å². The molecule has 0 aliphatic heterocycles.